The summed E-state index contributed by atoms with van der Waals surface area (Å²) < 4.78 is 0. The molecule has 1 N–H and O–H groups in total. The van der Waals surface area contributed by atoms with Crippen molar-refractivity contribution in [2.45, 2.75) is 19.8 Å². The van der Waals surface area contributed by atoms with Gasteiger partial charge in [0, 0.05) is 12.3 Å². The van der Waals surface area contributed by atoms with Crippen molar-refractivity contribution in [1.29, 1.82) is 5.26 Å². The van der Waals surface area contributed by atoms with E-state index in [2.05, 4.69) is 6.07 Å². The minimum absolute atomic E-state index is 0.322. The molecule has 1 unspecified atom stereocenters. The summed E-state index contributed by atoms with van der Waals surface area (Å²) in [6.07, 6.45) is 1.59. The first-order chi connectivity index (χ1) is 7.20. The normalized spacial score (nSPS) is 10.7. The largest absolute Gasteiger partial charge is 0.508 e. The monoisotopic (exact) mass is 225 g/mol. The van der Waals surface area contributed by atoms with Gasteiger partial charge in [0.1, 0.15) is 5.75 Å². The molecule has 0 heterocycles. The zero-order valence-electron chi connectivity index (χ0n) is 8.86. The molecule has 1 aromatic rings. The summed E-state index contributed by atoms with van der Waals surface area (Å²) >= 11 is 5.42. The molecule has 1 atom stereocenters. The Balaban J connectivity index is 0.000000262. The van der Waals surface area contributed by atoms with Gasteiger partial charge in [-0.15, -0.1) is 11.6 Å². The van der Waals surface area contributed by atoms with Gasteiger partial charge in [-0.2, -0.15) is 5.26 Å². The van der Waals surface area contributed by atoms with Gasteiger partial charge in [-0.3, -0.25) is 0 Å². The van der Waals surface area contributed by atoms with Crippen LogP contribution in [-0.2, 0) is 0 Å². The van der Waals surface area contributed by atoms with Crippen LogP contribution < -0.4 is 0 Å². The first-order valence-corrected chi connectivity index (χ1v) is 5.41. The second-order valence-electron chi connectivity index (χ2n) is 3.28. The first-order valence-electron chi connectivity index (χ1n) is 4.87. The fraction of sp³-hybridized carbons (Fsp3) is 0.417. The Labute approximate surface area is 96.1 Å². The molecule has 1 rings (SSSR count). The number of phenolic OH excluding ortho intramolecular Hbond substituents is 1. The number of para-hydroxylation sites is 1. The Kier molecular flexibility index (Phi) is 8.61. The Morgan fingerprint density at radius 2 is 2.00 bits per heavy atom. The van der Waals surface area contributed by atoms with Crippen molar-refractivity contribution in [2.75, 3.05) is 5.88 Å². The van der Waals surface area contributed by atoms with Crippen LogP contribution >= 0.6 is 11.6 Å². The van der Waals surface area contributed by atoms with Crippen LogP contribution in [-0.4, -0.2) is 11.0 Å². The quantitative estimate of drug-likeness (QED) is 0.800. The van der Waals surface area contributed by atoms with Crippen LogP contribution in [0.25, 0.3) is 0 Å². The van der Waals surface area contributed by atoms with E-state index < -0.39 is 0 Å². The number of nitrogens with zero attached hydrogens (tertiary/aromatic N) is 1. The minimum Gasteiger partial charge on any atom is -0.508 e. The SMILES string of the molecule is CC(CC#N)CCCl.Oc1ccccc1. The molecule has 0 aromatic heterocycles. The van der Waals surface area contributed by atoms with Crippen molar-refractivity contribution in [3.8, 4) is 11.8 Å². The van der Waals surface area contributed by atoms with Crippen molar-refractivity contribution in [2.24, 2.45) is 5.92 Å². The van der Waals surface area contributed by atoms with E-state index in [9.17, 15) is 0 Å². The number of aromatic hydroxyl groups is 1. The van der Waals surface area contributed by atoms with Crippen LogP contribution in [0, 0.1) is 17.2 Å². The number of phenols is 1. The fourth-order valence-corrected chi connectivity index (χ4v) is 1.24. The lowest BCUT2D eigenvalue weighted by molar-refractivity contribution is 0.475. The first kappa shape index (κ1) is 13.8. The highest BCUT2D eigenvalue weighted by molar-refractivity contribution is 6.17. The molecule has 2 nitrogen and oxygen atoms in total. The molecule has 0 amide bonds. The molecule has 0 aliphatic carbocycles. The minimum atomic E-state index is 0.322. The summed E-state index contributed by atoms with van der Waals surface area (Å²) in [5.74, 6) is 1.46. The van der Waals surface area contributed by atoms with Gasteiger partial charge in [0.15, 0.2) is 0 Å². The lowest BCUT2D eigenvalue weighted by Crippen LogP contribution is -1.92. The second-order valence-corrected chi connectivity index (χ2v) is 3.66. The van der Waals surface area contributed by atoms with Crippen LogP contribution in [0.4, 0.5) is 0 Å². The molecule has 15 heavy (non-hydrogen) atoms. The summed E-state index contributed by atoms with van der Waals surface area (Å²) in [4.78, 5) is 0. The smallest absolute Gasteiger partial charge is 0.115 e. The van der Waals surface area contributed by atoms with Crippen LogP contribution in [0.15, 0.2) is 30.3 Å². The molecule has 0 aliphatic heterocycles. The molecule has 0 spiro atoms. The molecule has 0 radical (unpaired) electrons. The number of alkyl halides is 1. The summed E-state index contributed by atoms with van der Waals surface area (Å²) in [6, 6.07) is 10.8. The average Bonchev–Trinajstić information content (AvgIpc) is 2.20. The maximum Gasteiger partial charge on any atom is 0.115 e. The highest BCUT2D eigenvalue weighted by atomic mass is 35.5. The Morgan fingerprint density at radius 1 is 1.40 bits per heavy atom. The number of rotatable bonds is 3. The van der Waals surface area contributed by atoms with Crippen LogP contribution in [0.5, 0.6) is 5.75 Å². The van der Waals surface area contributed by atoms with Gasteiger partial charge in [0.05, 0.1) is 6.07 Å². The van der Waals surface area contributed by atoms with E-state index in [0.29, 0.717) is 24.0 Å². The maximum absolute atomic E-state index is 8.63. The van der Waals surface area contributed by atoms with Gasteiger partial charge in [0.25, 0.3) is 0 Å². The Hall–Kier alpha value is -1.20. The number of hydrogen-bond acceptors (Lipinski definition) is 2. The van der Waals surface area contributed by atoms with E-state index in [1.165, 1.54) is 0 Å². The third-order valence-electron chi connectivity index (χ3n) is 1.80. The van der Waals surface area contributed by atoms with Crippen molar-refractivity contribution in [1.82, 2.24) is 0 Å². The zero-order chi connectivity index (χ0) is 11.5. The van der Waals surface area contributed by atoms with Crippen molar-refractivity contribution < 1.29 is 5.11 Å². The maximum atomic E-state index is 8.63. The predicted molar refractivity (Wildman–Crippen MR) is 62.8 cm³/mol. The van der Waals surface area contributed by atoms with Crippen molar-refractivity contribution >= 4 is 11.6 Å². The Morgan fingerprint density at radius 3 is 2.33 bits per heavy atom. The van der Waals surface area contributed by atoms with Crippen LogP contribution in [0.1, 0.15) is 19.8 Å². The summed E-state index contributed by atoms with van der Waals surface area (Å²) in [7, 11) is 0. The third-order valence-corrected chi connectivity index (χ3v) is 2.02. The van der Waals surface area contributed by atoms with E-state index in [1.54, 1.807) is 24.3 Å². The van der Waals surface area contributed by atoms with Crippen molar-refractivity contribution in [3.05, 3.63) is 30.3 Å². The van der Waals surface area contributed by atoms with E-state index in [0.717, 1.165) is 6.42 Å². The van der Waals surface area contributed by atoms with Gasteiger partial charge < -0.3 is 5.11 Å². The fourth-order valence-electron chi connectivity index (χ4n) is 0.872. The van der Waals surface area contributed by atoms with E-state index in [-0.39, 0.29) is 0 Å². The zero-order valence-corrected chi connectivity index (χ0v) is 9.61. The lowest BCUT2D eigenvalue weighted by Gasteiger charge is -1.99. The van der Waals surface area contributed by atoms with E-state index in [1.807, 2.05) is 13.0 Å². The van der Waals surface area contributed by atoms with Crippen molar-refractivity contribution in [3.63, 3.8) is 0 Å². The average molecular weight is 226 g/mol. The highest BCUT2D eigenvalue weighted by Gasteiger charge is 1.97. The number of halogens is 1. The molecular formula is C12H16ClNO. The topological polar surface area (TPSA) is 44.0 Å². The molecule has 3 heteroatoms. The van der Waals surface area contributed by atoms with E-state index >= 15 is 0 Å². The summed E-state index contributed by atoms with van der Waals surface area (Å²) in [5, 5.41) is 16.8. The van der Waals surface area contributed by atoms with Gasteiger partial charge in [0.2, 0.25) is 0 Å². The molecule has 0 fully saturated rings. The molecular weight excluding hydrogens is 210 g/mol. The van der Waals surface area contributed by atoms with E-state index in [4.69, 9.17) is 22.0 Å². The number of nitriles is 1. The molecule has 0 saturated carbocycles. The van der Waals surface area contributed by atoms with Gasteiger partial charge in [-0.05, 0) is 24.5 Å². The molecule has 1 aromatic carbocycles. The van der Waals surface area contributed by atoms with Crippen LogP contribution in [0.3, 0.4) is 0 Å². The highest BCUT2D eigenvalue weighted by Crippen LogP contribution is 2.06. The molecule has 0 saturated heterocycles. The van der Waals surface area contributed by atoms with Gasteiger partial charge in [-0.1, -0.05) is 25.1 Å². The molecule has 0 bridgehead atoms. The lowest BCUT2D eigenvalue weighted by atomic mass is 10.1. The number of benzene rings is 1. The second kappa shape index (κ2) is 9.36. The number of hydrogen-bond donors (Lipinski definition) is 1. The van der Waals surface area contributed by atoms with Crippen LogP contribution in [0.2, 0.25) is 0 Å². The Bertz CT molecular complexity index is 281. The van der Waals surface area contributed by atoms with Gasteiger partial charge in [-0.25, -0.2) is 0 Å². The molecule has 0 aliphatic rings. The summed E-state index contributed by atoms with van der Waals surface area (Å²) in [6.45, 7) is 2.03. The summed E-state index contributed by atoms with van der Waals surface area (Å²) in [5.41, 5.74) is 0. The molecule has 82 valence electrons. The third kappa shape index (κ3) is 9.11. The predicted octanol–water partition coefficient (Wildman–Crippen LogP) is 3.56. The van der Waals surface area contributed by atoms with Gasteiger partial charge >= 0.3 is 0 Å². The standard InChI is InChI=1S/C6H10ClN.C6H6O/c1-6(2-4-7)3-5-8;7-6-4-2-1-3-5-6/h6H,2-4H2,1H3;1-5,7H.